The molecule has 2 aliphatic rings. The molecule has 3 heterocycles. The highest BCUT2D eigenvalue weighted by Crippen LogP contribution is 2.61. The zero-order valence-corrected chi connectivity index (χ0v) is 26.5. The maximum atomic E-state index is 14.3. The van der Waals surface area contributed by atoms with Crippen LogP contribution in [0.5, 0.6) is 5.75 Å². The molecule has 1 spiro atoms. The summed E-state index contributed by atoms with van der Waals surface area (Å²) in [4.78, 5) is 32.1. The maximum Gasteiger partial charge on any atom is 0.419 e. The van der Waals surface area contributed by atoms with E-state index in [9.17, 15) is 23.6 Å². The molecule has 2 fully saturated rings. The minimum absolute atomic E-state index is 0.0643. The van der Waals surface area contributed by atoms with E-state index in [1.165, 1.54) is 11.7 Å². The molecule has 10 nitrogen and oxygen atoms in total. The number of carbonyl (C=O) groups excluding carboxylic acids is 2. The van der Waals surface area contributed by atoms with Gasteiger partial charge in [-0.2, -0.15) is 5.26 Å². The third-order valence-electron chi connectivity index (χ3n) is 8.68. The Hall–Kier alpha value is -4.24. The van der Waals surface area contributed by atoms with E-state index in [2.05, 4.69) is 15.2 Å². The minimum Gasteiger partial charge on any atom is -0.496 e. The van der Waals surface area contributed by atoms with Gasteiger partial charge in [0.05, 0.1) is 25.8 Å². The SMILES string of the molecule is COC(=O)c1ccc(C2CC3(CCN2Cc2c(OC)cc(C)c4c2ccn4C(=O)OC(C)(C)C)CC(F)(F)C3)c(NCC#N)n1. The third-order valence-corrected chi connectivity index (χ3v) is 8.68. The molecule has 1 saturated heterocycles. The Balaban J connectivity index is 1.59. The number of aryl methyl sites for hydroxylation is 1. The van der Waals surface area contributed by atoms with Crippen molar-refractivity contribution in [1.82, 2.24) is 14.5 Å². The Labute approximate surface area is 261 Å². The lowest BCUT2D eigenvalue weighted by Crippen LogP contribution is -2.53. The van der Waals surface area contributed by atoms with Crippen molar-refractivity contribution in [3.05, 3.63) is 52.8 Å². The molecule has 0 amide bonds. The van der Waals surface area contributed by atoms with Crippen LogP contribution in [0.4, 0.5) is 19.4 Å². The third kappa shape index (κ3) is 6.45. The van der Waals surface area contributed by atoms with Crippen molar-refractivity contribution in [2.24, 2.45) is 5.41 Å². The molecule has 0 radical (unpaired) electrons. The molecular weight excluding hydrogens is 584 g/mol. The van der Waals surface area contributed by atoms with Gasteiger partial charge in [-0.05, 0) is 76.3 Å². The van der Waals surface area contributed by atoms with Crippen LogP contribution in [0, 0.1) is 23.7 Å². The number of methoxy groups -OCH3 is 2. The zero-order chi connectivity index (χ0) is 32.7. The number of halogens is 2. The van der Waals surface area contributed by atoms with Gasteiger partial charge in [-0.15, -0.1) is 0 Å². The fraction of sp³-hybridized carbons (Fsp3) is 0.515. The number of fused-ring (bicyclic) bond motifs is 1. The van der Waals surface area contributed by atoms with Gasteiger partial charge in [-0.25, -0.2) is 23.4 Å². The number of pyridine rings is 1. The number of ether oxygens (including phenoxy) is 3. The normalized spacial score (nSPS) is 19.0. The van der Waals surface area contributed by atoms with Gasteiger partial charge < -0.3 is 19.5 Å². The summed E-state index contributed by atoms with van der Waals surface area (Å²) in [5.41, 5.74) is 1.92. The van der Waals surface area contributed by atoms with Crippen LogP contribution in [0.2, 0.25) is 0 Å². The Morgan fingerprint density at radius 2 is 1.93 bits per heavy atom. The number of likely N-dealkylation sites (tertiary alicyclic amines) is 1. The van der Waals surface area contributed by atoms with Gasteiger partial charge in [-0.1, -0.05) is 6.07 Å². The molecule has 2 aromatic heterocycles. The van der Waals surface area contributed by atoms with Crippen molar-refractivity contribution in [2.45, 2.75) is 77.5 Å². The molecule has 1 unspecified atom stereocenters. The van der Waals surface area contributed by atoms with E-state index in [4.69, 9.17) is 14.2 Å². The lowest BCUT2D eigenvalue weighted by molar-refractivity contribution is -0.186. The number of esters is 1. The summed E-state index contributed by atoms with van der Waals surface area (Å²) in [6.45, 7) is 8.17. The Morgan fingerprint density at radius 3 is 2.56 bits per heavy atom. The zero-order valence-electron chi connectivity index (χ0n) is 26.5. The summed E-state index contributed by atoms with van der Waals surface area (Å²) in [5, 5.41) is 13.1. The molecular formula is C33H39F2N5O5. The number of nitrogens with one attached hydrogen (secondary N) is 1. The molecule has 45 heavy (non-hydrogen) atoms. The van der Waals surface area contributed by atoms with Crippen LogP contribution in [-0.4, -0.2) is 65.3 Å². The topological polar surface area (TPSA) is 119 Å². The first-order valence-electron chi connectivity index (χ1n) is 14.9. The number of benzene rings is 1. The van der Waals surface area contributed by atoms with E-state index in [1.54, 1.807) is 25.4 Å². The van der Waals surface area contributed by atoms with Crippen molar-refractivity contribution in [3.8, 4) is 11.8 Å². The predicted octanol–water partition coefficient (Wildman–Crippen LogP) is 6.61. The summed E-state index contributed by atoms with van der Waals surface area (Å²) >= 11 is 0. The molecule has 3 aromatic rings. The van der Waals surface area contributed by atoms with Crippen LogP contribution < -0.4 is 10.1 Å². The summed E-state index contributed by atoms with van der Waals surface area (Å²) in [6, 6.07) is 8.73. The second-order valence-electron chi connectivity index (χ2n) is 13.1. The smallest absolute Gasteiger partial charge is 0.419 e. The van der Waals surface area contributed by atoms with Crippen molar-refractivity contribution >= 4 is 28.8 Å². The van der Waals surface area contributed by atoms with Gasteiger partial charge in [0, 0.05) is 48.1 Å². The predicted molar refractivity (Wildman–Crippen MR) is 164 cm³/mol. The van der Waals surface area contributed by atoms with E-state index in [0.29, 0.717) is 48.6 Å². The van der Waals surface area contributed by atoms with Gasteiger partial charge in [-0.3, -0.25) is 9.47 Å². The van der Waals surface area contributed by atoms with Crippen LogP contribution >= 0.6 is 0 Å². The Bertz CT molecular complexity index is 1660. The van der Waals surface area contributed by atoms with Crippen LogP contribution in [-0.2, 0) is 16.0 Å². The van der Waals surface area contributed by atoms with Gasteiger partial charge in [0.15, 0.2) is 5.69 Å². The molecule has 1 N–H and O–H groups in total. The highest BCUT2D eigenvalue weighted by atomic mass is 19.3. The molecule has 240 valence electrons. The molecule has 12 heteroatoms. The quantitative estimate of drug-likeness (QED) is 0.229. The van der Waals surface area contributed by atoms with Crippen LogP contribution in [0.3, 0.4) is 0 Å². The number of piperidine rings is 1. The second-order valence-corrected chi connectivity index (χ2v) is 13.1. The number of hydrogen-bond acceptors (Lipinski definition) is 9. The number of nitriles is 1. The lowest BCUT2D eigenvalue weighted by Gasteiger charge is -2.54. The van der Waals surface area contributed by atoms with E-state index < -0.39 is 29.0 Å². The van der Waals surface area contributed by atoms with Crippen LogP contribution in [0.15, 0.2) is 30.5 Å². The molecule has 1 saturated carbocycles. The molecule has 1 aliphatic heterocycles. The highest BCUT2D eigenvalue weighted by molar-refractivity contribution is 5.95. The van der Waals surface area contributed by atoms with Crippen molar-refractivity contribution in [1.29, 1.82) is 5.26 Å². The Kier molecular flexibility index (Phi) is 8.53. The standard InChI is InChI=1S/C33H39F2N5O5/c1-20-15-26(43-5)23(21-9-13-40(27(20)21)30(42)45-31(2,3)4)17-39-14-10-32(18-33(34,35)19-32)16-25(39)22-7-8-24(29(41)44-6)38-28(22)37-12-11-36/h7-9,13,15,25H,10,12,14,16-19H2,1-6H3,(H,37,38). The van der Waals surface area contributed by atoms with E-state index in [-0.39, 0.29) is 31.1 Å². The molecule has 1 aromatic carbocycles. The largest absolute Gasteiger partial charge is 0.496 e. The minimum atomic E-state index is -2.70. The van der Waals surface area contributed by atoms with E-state index in [1.807, 2.05) is 45.9 Å². The number of hydrogen-bond donors (Lipinski definition) is 1. The average molecular weight is 624 g/mol. The lowest BCUT2D eigenvalue weighted by atomic mass is 9.59. The monoisotopic (exact) mass is 623 g/mol. The molecule has 0 bridgehead atoms. The van der Waals surface area contributed by atoms with Crippen LogP contribution in [0.1, 0.15) is 79.7 Å². The summed E-state index contributed by atoms with van der Waals surface area (Å²) in [7, 11) is 2.85. The van der Waals surface area contributed by atoms with E-state index >= 15 is 0 Å². The number of aromatic nitrogens is 2. The first-order valence-corrected chi connectivity index (χ1v) is 14.9. The van der Waals surface area contributed by atoms with Crippen molar-refractivity contribution in [3.63, 3.8) is 0 Å². The number of anilines is 1. The van der Waals surface area contributed by atoms with Gasteiger partial charge in [0.2, 0.25) is 5.92 Å². The van der Waals surface area contributed by atoms with Gasteiger partial charge in [0.1, 0.15) is 23.7 Å². The maximum absolute atomic E-state index is 14.3. The fourth-order valence-electron chi connectivity index (χ4n) is 6.84. The van der Waals surface area contributed by atoms with Gasteiger partial charge >= 0.3 is 12.1 Å². The van der Waals surface area contributed by atoms with Crippen LogP contribution in [0.25, 0.3) is 10.9 Å². The average Bonchev–Trinajstić information content (AvgIpc) is 3.42. The summed E-state index contributed by atoms with van der Waals surface area (Å²) in [5.74, 6) is -2.36. The summed E-state index contributed by atoms with van der Waals surface area (Å²) in [6.07, 6.45) is 1.85. The first-order chi connectivity index (χ1) is 21.2. The van der Waals surface area contributed by atoms with Crippen molar-refractivity contribution < 1.29 is 32.6 Å². The van der Waals surface area contributed by atoms with E-state index in [0.717, 1.165) is 16.5 Å². The fourth-order valence-corrected chi connectivity index (χ4v) is 6.84. The number of nitrogens with zero attached hydrogens (tertiary/aromatic N) is 4. The number of alkyl halides is 2. The van der Waals surface area contributed by atoms with Crippen molar-refractivity contribution in [2.75, 3.05) is 32.6 Å². The first kappa shape index (κ1) is 32.2. The van der Waals surface area contributed by atoms with Gasteiger partial charge in [0.25, 0.3) is 0 Å². The summed E-state index contributed by atoms with van der Waals surface area (Å²) < 4.78 is 46.4. The number of carbonyl (C=O) groups is 2. The molecule has 1 atom stereocenters. The molecule has 5 rings (SSSR count). The second kappa shape index (κ2) is 11.9. The number of rotatable bonds is 7. The highest BCUT2D eigenvalue weighted by Gasteiger charge is 2.58. The Morgan fingerprint density at radius 1 is 1.20 bits per heavy atom. The molecule has 1 aliphatic carbocycles.